The van der Waals surface area contributed by atoms with Gasteiger partial charge in [0.15, 0.2) is 6.61 Å². The Kier molecular flexibility index (Phi) is 10.4. The molecular weight excluding hydrogens is 507 g/mol. The second-order valence-electron chi connectivity index (χ2n) is 9.65. The number of ether oxygens (including phenoxy) is 1. The monoisotopic (exact) mass is 540 g/mol. The highest BCUT2D eigenvalue weighted by Crippen LogP contribution is 2.26. The summed E-state index contributed by atoms with van der Waals surface area (Å²) in [6.45, 7) is 8.41. The maximum absolute atomic E-state index is 13.7. The Morgan fingerprint density at radius 3 is 2.14 bits per heavy atom. The van der Waals surface area contributed by atoms with Gasteiger partial charge in [-0.2, -0.15) is 0 Å². The van der Waals surface area contributed by atoms with E-state index in [2.05, 4.69) is 5.32 Å². The molecule has 7 heteroatoms. The average Bonchev–Trinajstić information content (AvgIpc) is 2.88. The van der Waals surface area contributed by atoms with Crippen LogP contribution in [-0.4, -0.2) is 35.9 Å². The number of benzene rings is 3. The third-order valence-electron chi connectivity index (χ3n) is 5.99. The third kappa shape index (κ3) is 8.51. The maximum atomic E-state index is 13.7. The number of aryl methyl sites for hydroxylation is 2. The minimum atomic E-state index is -0.721. The van der Waals surface area contributed by atoms with Crippen LogP contribution in [0, 0.1) is 19.8 Å². The first-order valence-electron chi connectivity index (χ1n) is 12.4. The molecule has 196 valence electrons. The van der Waals surface area contributed by atoms with Gasteiger partial charge in [0.1, 0.15) is 11.8 Å². The van der Waals surface area contributed by atoms with Crippen molar-refractivity contribution in [3.8, 4) is 5.75 Å². The van der Waals surface area contributed by atoms with Crippen LogP contribution >= 0.6 is 23.2 Å². The summed E-state index contributed by atoms with van der Waals surface area (Å²) in [6.07, 6.45) is 0.378. The highest BCUT2D eigenvalue weighted by atomic mass is 35.5. The van der Waals surface area contributed by atoms with E-state index < -0.39 is 6.04 Å². The SMILES string of the molecule is Cc1cc(OCC(=O)N(Cc2ccc(Cl)cc2)[C@@H](Cc2ccccc2)C(=O)NCC(C)C)cc(C)c1Cl. The smallest absolute Gasteiger partial charge is 0.261 e. The molecular formula is C30H34Cl2N2O3. The van der Waals surface area contributed by atoms with Crippen molar-refractivity contribution < 1.29 is 14.3 Å². The lowest BCUT2D eigenvalue weighted by molar-refractivity contribution is -0.142. The molecule has 1 N–H and O–H groups in total. The summed E-state index contributed by atoms with van der Waals surface area (Å²) < 4.78 is 5.90. The first-order valence-corrected chi connectivity index (χ1v) is 13.1. The number of hydrogen-bond acceptors (Lipinski definition) is 3. The van der Waals surface area contributed by atoms with E-state index >= 15 is 0 Å². The summed E-state index contributed by atoms with van der Waals surface area (Å²) in [5.41, 5.74) is 3.57. The van der Waals surface area contributed by atoms with E-state index in [-0.39, 0.29) is 30.9 Å². The van der Waals surface area contributed by atoms with Crippen LogP contribution in [0.4, 0.5) is 0 Å². The molecule has 3 aromatic carbocycles. The molecule has 0 aliphatic heterocycles. The topological polar surface area (TPSA) is 58.6 Å². The molecule has 5 nitrogen and oxygen atoms in total. The van der Waals surface area contributed by atoms with Crippen LogP contribution in [0.1, 0.15) is 36.1 Å². The molecule has 2 amide bonds. The molecule has 0 saturated carbocycles. The van der Waals surface area contributed by atoms with Crippen LogP contribution in [0.5, 0.6) is 5.75 Å². The lowest BCUT2D eigenvalue weighted by Crippen LogP contribution is -2.52. The Morgan fingerprint density at radius 1 is 0.919 bits per heavy atom. The molecule has 1 atom stereocenters. The number of halogens is 2. The van der Waals surface area contributed by atoms with Crippen LogP contribution in [0.15, 0.2) is 66.7 Å². The van der Waals surface area contributed by atoms with Gasteiger partial charge in [-0.3, -0.25) is 9.59 Å². The highest BCUT2D eigenvalue weighted by molar-refractivity contribution is 6.32. The van der Waals surface area contributed by atoms with Crippen LogP contribution in [-0.2, 0) is 22.6 Å². The molecule has 0 spiro atoms. The van der Waals surface area contributed by atoms with Gasteiger partial charge in [-0.1, -0.05) is 79.5 Å². The van der Waals surface area contributed by atoms with Crippen molar-refractivity contribution in [2.45, 2.75) is 46.7 Å². The fourth-order valence-corrected chi connectivity index (χ4v) is 4.22. The summed E-state index contributed by atoms with van der Waals surface area (Å²) in [7, 11) is 0. The van der Waals surface area contributed by atoms with Crippen molar-refractivity contribution in [1.29, 1.82) is 0 Å². The minimum Gasteiger partial charge on any atom is -0.484 e. The predicted molar refractivity (Wildman–Crippen MR) is 150 cm³/mol. The second-order valence-corrected chi connectivity index (χ2v) is 10.5. The zero-order valence-electron chi connectivity index (χ0n) is 21.8. The molecule has 3 aromatic rings. The van der Waals surface area contributed by atoms with E-state index in [1.807, 2.05) is 82.3 Å². The largest absolute Gasteiger partial charge is 0.484 e. The molecule has 0 aromatic heterocycles. The van der Waals surface area contributed by atoms with Gasteiger partial charge in [0.05, 0.1) is 0 Å². The molecule has 0 radical (unpaired) electrons. The lowest BCUT2D eigenvalue weighted by atomic mass is 10.0. The number of nitrogens with zero attached hydrogens (tertiary/aromatic N) is 1. The minimum absolute atomic E-state index is 0.196. The first kappa shape index (κ1) is 28.5. The van der Waals surface area contributed by atoms with E-state index in [1.165, 1.54) is 0 Å². The fourth-order valence-electron chi connectivity index (χ4n) is 3.98. The van der Waals surface area contributed by atoms with Crippen molar-refractivity contribution >= 4 is 35.0 Å². The summed E-state index contributed by atoms with van der Waals surface area (Å²) in [6, 6.07) is 19.9. The van der Waals surface area contributed by atoms with Gasteiger partial charge in [0.2, 0.25) is 5.91 Å². The number of carbonyl (C=O) groups excluding carboxylic acids is 2. The van der Waals surface area contributed by atoms with Gasteiger partial charge < -0.3 is 15.0 Å². The van der Waals surface area contributed by atoms with Gasteiger partial charge in [0.25, 0.3) is 5.91 Å². The van der Waals surface area contributed by atoms with Gasteiger partial charge in [-0.05, 0) is 66.3 Å². The van der Waals surface area contributed by atoms with Crippen LogP contribution in [0.25, 0.3) is 0 Å². The number of carbonyl (C=O) groups is 2. The van der Waals surface area contributed by atoms with Gasteiger partial charge in [0, 0.05) is 29.6 Å². The summed E-state index contributed by atoms with van der Waals surface area (Å²) in [4.78, 5) is 28.7. The highest BCUT2D eigenvalue weighted by Gasteiger charge is 2.30. The summed E-state index contributed by atoms with van der Waals surface area (Å²) in [5, 5.41) is 4.30. The predicted octanol–water partition coefficient (Wildman–Crippen LogP) is 6.40. The maximum Gasteiger partial charge on any atom is 0.261 e. The van der Waals surface area contributed by atoms with Crippen molar-refractivity contribution in [2.24, 2.45) is 5.92 Å². The van der Waals surface area contributed by atoms with Gasteiger partial charge in [-0.25, -0.2) is 0 Å². The molecule has 0 heterocycles. The van der Waals surface area contributed by atoms with E-state index in [9.17, 15) is 9.59 Å². The van der Waals surface area contributed by atoms with Crippen molar-refractivity contribution in [3.63, 3.8) is 0 Å². The normalized spacial score (nSPS) is 11.8. The van der Waals surface area contributed by atoms with Crippen molar-refractivity contribution in [3.05, 3.63) is 99.0 Å². The van der Waals surface area contributed by atoms with Crippen LogP contribution in [0.3, 0.4) is 0 Å². The Balaban J connectivity index is 1.91. The first-order chi connectivity index (χ1) is 17.6. The Bertz CT molecular complexity index is 1170. The van der Waals surface area contributed by atoms with Crippen LogP contribution in [0.2, 0.25) is 10.0 Å². The van der Waals surface area contributed by atoms with Gasteiger partial charge in [-0.15, -0.1) is 0 Å². The zero-order valence-corrected chi connectivity index (χ0v) is 23.3. The van der Waals surface area contributed by atoms with Crippen LogP contribution < -0.4 is 10.1 Å². The molecule has 3 rings (SSSR count). The Morgan fingerprint density at radius 2 is 1.54 bits per heavy atom. The molecule has 0 unspecified atom stereocenters. The fraction of sp³-hybridized carbons (Fsp3) is 0.333. The standard InChI is InChI=1S/C30H34Cl2N2O3/c1-20(2)17-33-30(36)27(16-23-8-6-5-7-9-23)34(18-24-10-12-25(31)13-11-24)28(35)19-37-26-14-21(3)29(32)22(4)15-26/h5-15,20,27H,16-19H2,1-4H3,(H,33,36)/t27-/m0/s1. The molecule has 0 aliphatic carbocycles. The number of nitrogens with one attached hydrogen (secondary N) is 1. The van der Waals surface area contributed by atoms with Crippen molar-refractivity contribution in [1.82, 2.24) is 10.2 Å². The Labute approximate surface area is 229 Å². The lowest BCUT2D eigenvalue weighted by Gasteiger charge is -2.31. The summed E-state index contributed by atoms with van der Waals surface area (Å²) >= 11 is 12.4. The number of rotatable bonds is 11. The third-order valence-corrected chi connectivity index (χ3v) is 6.84. The van der Waals surface area contributed by atoms with Crippen molar-refractivity contribution in [2.75, 3.05) is 13.2 Å². The zero-order chi connectivity index (χ0) is 26.9. The second kappa shape index (κ2) is 13.5. The Hall–Kier alpha value is -3.02. The molecule has 0 bridgehead atoms. The summed E-state index contributed by atoms with van der Waals surface area (Å²) in [5.74, 6) is 0.350. The van der Waals surface area contributed by atoms with E-state index in [1.54, 1.807) is 17.0 Å². The average molecular weight is 542 g/mol. The molecule has 0 saturated heterocycles. The van der Waals surface area contributed by atoms with Gasteiger partial charge >= 0.3 is 0 Å². The molecule has 0 aliphatic rings. The quantitative estimate of drug-likeness (QED) is 0.306. The number of amides is 2. The van der Waals surface area contributed by atoms with E-state index in [0.29, 0.717) is 28.8 Å². The number of hydrogen-bond donors (Lipinski definition) is 1. The molecule has 37 heavy (non-hydrogen) atoms. The molecule has 0 fully saturated rings. The van der Waals surface area contributed by atoms with E-state index in [0.717, 1.165) is 22.3 Å². The van der Waals surface area contributed by atoms with E-state index in [4.69, 9.17) is 27.9 Å².